The number of para-hydroxylation sites is 2. The number of aromatic nitrogens is 2. The van der Waals surface area contributed by atoms with E-state index in [1.54, 1.807) is 106 Å². The average Bonchev–Trinajstić information content (AvgIpc) is 1.58. The molecule has 36 nitrogen and oxygen atoms in total. The van der Waals surface area contributed by atoms with E-state index in [9.17, 15) is 86.6 Å². The topological polar surface area (TPSA) is 457 Å². The zero-order chi connectivity index (χ0) is 95.0. The van der Waals surface area contributed by atoms with Gasteiger partial charge < -0.3 is 84.5 Å². The molecule has 4 aromatic rings. The number of β-amino-alcohol motifs (C(OH)–C–C–N with tert-alkyl or cyclic N) is 2. The Kier molecular flexibility index (Phi) is 30.8. The van der Waals surface area contributed by atoms with E-state index in [0.29, 0.717) is 108 Å². The van der Waals surface area contributed by atoms with Gasteiger partial charge in [0.25, 0.3) is 11.8 Å². The van der Waals surface area contributed by atoms with Crippen molar-refractivity contribution >= 4 is 113 Å². The van der Waals surface area contributed by atoms with Gasteiger partial charge in [-0.1, -0.05) is 104 Å². The standard InChI is InChI=1S/C40H54ClF3N6O11S.C39H53ClF3N5O12S.C3H7NO/c1-8-22-18-39(22,34(54)48-62(56,57)61-38(7)12-13-38)47-32(52)27-16-24(21-50(27)33(53)31(36(2,3)4)46-35(55)60-37(5,6)40(42,43)44)59-28-17-29(58-15-14-49-19-23(51)20-49)45-30-25(28)10-9-11-26(30)41;1-10-21-18-38(21,33(51)47-61(53,54)60-37(7)14-15-37)46-31(49)25-16-22(19-48(25)32(50)30(35(2,3)4)45-34(52)59-36(5,6)39(41,42)43)58-26-17-27(57-20-28(55-8)56-9)44-29-23(26)12-11-13-24(29)40;5-3-1-4-2-3/h9-11,17,22-24,27,31,51H,8,12-16,18-21H2,1-7H3,(H,46,55)(H,47,52)(H,48,54);11-13,17,21-22,25,28,30H,10,14-16,18-20H2,1-9H3,(H,45,52)(H,46,49)(H,47,51);3-5H,1-2H2/t22-,24-,27+,31-,39-;21-,22-,25+,30-,38-;/m11./s1. The number of hydrogen-bond donors (Lipinski definition) is 9. The SMILES string of the molecule is CC[C@@H]1C[C@]1(NC(=O)[C@@H]1C[C@@H](Oc2cc(OCC(OC)OC)nc3c(Cl)cccc23)CN1C(=O)[C@@H](NC(=O)OC(C)(C)C(F)(F)F)C(C)(C)C)C(=O)NS(=O)(=O)OC1(C)CC1.CC[C@@H]1C[C@]1(NC(=O)[C@@H]1C[C@@H](Oc2cc(OCCN3CC(O)C3)nc3c(Cl)cccc23)CN1C(=O)[C@@H](NC(=O)OC(C)(C)C(F)(F)F)C(C)(C)C)C(=O)NS(=O)(=O)OC1(C)CC1.OC1CNC1. The van der Waals surface area contributed by atoms with Crippen molar-refractivity contribution in [2.24, 2.45) is 22.7 Å². The highest BCUT2D eigenvalue weighted by molar-refractivity contribution is 7.85. The number of pyridine rings is 2. The Morgan fingerprint density at radius 3 is 1.27 bits per heavy atom. The number of hydrogen-bond acceptors (Lipinski definition) is 28. The van der Waals surface area contributed by atoms with Crippen LogP contribution in [0.4, 0.5) is 35.9 Å². The summed E-state index contributed by atoms with van der Waals surface area (Å²) >= 11 is 13.1. The van der Waals surface area contributed by atoms with E-state index in [0.717, 1.165) is 22.9 Å². The number of ether oxygens (including phenoxy) is 8. The van der Waals surface area contributed by atoms with Gasteiger partial charge in [0.1, 0.15) is 72.2 Å². The van der Waals surface area contributed by atoms with E-state index in [1.807, 2.05) is 14.3 Å². The highest BCUT2D eigenvalue weighted by Crippen LogP contribution is 2.50. The summed E-state index contributed by atoms with van der Waals surface area (Å²) in [4.78, 5) is 125. The molecule has 2 aromatic carbocycles. The van der Waals surface area contributed by atoms with Crippen molar-refractivity contribution in [2.75, 3.05) is 73.2 Å². The van der Waals surface area contributed by atoms with Gasteiger partial charge in [-0.05, 0) is 127 Å². The molecule has 8 amide bonds. The summed E-state index contributed by atoms with van der Waals surface area (Å²) in [5.41, 5.74) is -12.8. The van der Waals surface area contributed by atoms with Crippen molar-refractivity contribution in [2.45, 2.75) is 262 Å². The number of amides is 8. The van der Waals surface area contributed by atoms with Gasteiger partial charge in [-0.3, -0.25) is 33.7 Å². The average molecular weight is 1900 g/mol. The number of nitrogens with zero attached hydrogens (tertiary/aromatic N) is 5. The van der Waals surface area contributed by atoms with Crippen molar-refractivity contribution in [3.63, 3.8) is 0 Å². The molecule has 8 fully saturated rings. The normalized spacial score (nSPS) is 23.8. The molecule has 0 spiro atoms. The Morgan fingerprint density at radius 2 is 0.953 bits per heavy atom. The van der Waals surface area contributed by atoms with Crippen molar-refractivity contribution < 1.29 is 138 Å². The first-order valence-corrected chi connectivity index (χ1v) is 45.4. The molecular formula is C82H114Cl2F6N12O24S2. The van der Waals surface area contributed by atoms with Gasteiger partial charge in [0, 0.05) is 82.7 Å². The summed E-state index contributed by atoms with van der Waals surface area (Å²) in [6.07, 6.45) is -13.7. The van der Waals surface area contributed by atoms with Crippen LogP contribution in [0.25, 0.3) is 21.8 Å². The minimum Gasteiger partial charge on any atom is -0.488 e. The van der Waals surface area contributed by atoms with Crippen LogP contribution < -0.4 is 55.0 Å². The van der Waals surface area contributed by atoms with E-state index in [1.165, 1.54) is 26.4 Å². The van der Waals surface area contributed by atoms with E-state index < -0.39 is 186 Å². The molecule has 0 unspecified atom stereocenters. The van der Waals surface area contributed by atoms with Gasteiger partial charge in [-0.2, -0.15) is 43.2 Å². The summed E-state index contributed by atoms with van der Waals surface area (Å²) < 4.78 is 192. The summed E-state index contributed by atoms with van der Waals surface area (Å²) in [6.45, 7) is 21.3. The highest BCUT2D eigenvalue weighted by Gasteiger charge is 2.65. The number of carbonyl (C=O) groups excluding carboxylic acids is 8. The molecule has 4 aliphatic heterocycles. The van der Waals surface area contributed by atoms with Crippen molar-refractivity contribution in [1.82, 2.24) is 60.7 Å². The maximum absolute atomic E-state index is 14.7. The number of aliphatic hydroxyl groups is 2. The number of halogens is 8. The molecule has 4 saturated heterocycles. The number of likely N-dealkylation sites (tertiary alicyclic amines) is 3. The first kappa shape index (κ1) is 102. The molecule has 0 radical (unpaired) electrons. The Bertz CT molecular complexity index is 5010. The summed E-state index contributed by atoms with van der Waals surface area (Å²) in [7, 11) is -6.28. The predicted octanol–water partition coefficient (Wildman–Crippen LogP) is 7.87. The van der Waals surface area contributed by atoms with Gasteiger partial charge in [-0.15, -0.1) is 0 Å². The van der Waals surface area contributed by atoms with Crippen LogP contribution in [-0.4, -0.2) is 273 Å². The lowest BCUT2D eigenvalue weighted by Gasteiger charge is -2.36. The molecule has 0 bridgehead atoms. The quantitative estimate of drug-likeness (QED) is 0.0162. The summed E-state index contributed by atoms with van der Waals surface area (Å²) in [5, 5.41) is 32.3. The number of nitrogens with one attached hydrogen (secondary N) is 7. The van der Waals surface area contributed by atoms with Crippen LogP contribution in [0.15, 0.2) is 48.5 Å². The fourth-order valence-electron chi connectivity index (χ4n) is 14.7. The summed E-state index contributed by atoms with van der Waals surface area (Å²) in [5.74, 6) is -5.84. The third-order valence-electron chi connectivity index (χ3n) is 23.5. The largest absolute Gasteiger partial charge is 0.488 e. The number of alkyl carbamates (subject to hydrolysis) is 2. The molecule has 714 valence electrons. The van der Waals surface area contributed by atoms with Crippen molar-refractivity contribution in [1.29, 1.82) is 0 Å². The molecule has 9 N–H and O–H groups in total. The van der Waals surface area contributed by atoms with Gasteiger partial charge in [0.2, 0.25) is 46.6 Å². The van der Waals surface area contributed by atoms with Crippen molar-refractivity contribution in [3.05, 3.63) is 58.6 Å². The molecule has 2 aromatic heterocycles. The van der Waals surface area contributed by atoms with Crippen LogP contribution in [-0.2, 0) is 76.7 Å². The number of alkyl halides is 6. The molecule has 12 rings (SSSR count). The Labute approximate surface area is 747 Å². The lowest BCUT2D eigenvalue weighted by Crippen LogP contribution is -2.60. The first-order valence-electron chi connectivity index (χ1n) is 41.8. The van der Waals surface area contributed by atoms with Crippen LogP contribution in [0.3, 0.4) is 0 Å². The smallest absolute Gasteiger partial charge is 0.427 e. The molecule has 46 heteroatoms. The second-order valence-corrected chi connectivity index (χ2v) is 40.4. The highest BCUT2D eigenvalue weighted by atomic mass is 35.5. The number of fused-ring (bicyclic) bond motifs is 2. The lowest BCUT2D eigenvalue weighted by molar-refractivity contribution is -0.244. The first-order chi connectivity index (χ1) is 59.2. The van der Waals surface area contributed by atoms with Crippen molar-refractivity contribution in [3.8, 4) is 23.3 Å². The van der Waals surface area contributed by atoms with Gasteiger partial charge in [0.15, 0.2) is 6.29 Å². The molecule has 6 heterocycles. The van der Waals surface area contributed by atoms with E-state index >= 15 is 0 Å². The Balaban J connectivity index is 0.000000252. The van der Waals surface area contributed by atoms with Crippen LogP contribution in [0.5, 0.6) is 23.3 Å². The van der Waals surface area contributed by atoms with E-state index in [2.05, 4.69) is 36.6 Å². The maximum Gasteiger partial charge on any atom is 0.427 e. The monoisotopic (exact) mass is 1900 g/mol. The second kappa shape index (κ2) is 38.8. The zero-order valence-electron chi connectivity index (χ0n) is 73.9. The fraction of sp³-hybridized carbons (Fsp3) is 0.683. The Hall–Kier alpha value is -8.44. The van der Waals surface area contributed by atoms with Crippen LogP contribution >= 0.6 is 23.2 Å². The number of methoxy groups -OCH3 is 2. The lowest BCUT2D eigenvalue weighted by atomic mass is 9.85. The molecular weight excluding hydrogens is 1790 g/mol. The maximum atomic E-state index is 14.7. The van der Waals surface area contributed by atoms with Crippen LogP contribution in [0, 0.1) is 22.7 Å². The fourth-order valence-corrected chi connectivity index (χ4v) is 17.4. The zero-order valence-corrected chi connectivity index (χ0v) is 77.0. The third kappa shape index (κ3) is 25.0. The van der Waals surface area contributed by atoms with Gasteiger partial charge in [0.05, 0.1) is 57.6 Å². The van der Waals surface area contributed by atoms with Gasteiger partial charge in [-0.25, -0.2) is 37.4 Å². The van der Waals surface area contributed by atoms with Gasteiger partial charge >= 0.3 is 45.1 Å². The molecule has 4 saturated carbocycles. The molecule has 128 heavy (non-hydrogen) atoms. The van der Waals surface area contributed by atoms with Crippen LogP contribution in [0.2, 0.25) is 10.0 Å². The number of benzene rings is 2. The number of carbonyl (C=O) groups is 8. The minimum atomic E-state index is -4.95. The minimum absolute atomic E-state index is 0.0463. The van der Waals surface area contributed by atoms with E-state index in [-0.39, 0.29) is 91.4 Å². The molecule has 10 atom stereocenters. The summed E-state index contributed by atoms with van der Waals surface area (Å²) in [6, 6.07) is 7.02. The Morgan fingerprint density at radius 1 is 0.578 bits per heavy atom. The third-order valence-corrected chi connectivity index (χ3v) is 26.2. The number of aliphatic hydroxyl groups excluding tert-OH is 2. The molecule has 8 aliphatic rings. The second-order valence-electron chi connectivity index (χ2n) is 37.0. The number of rotatable bonds is 33. The molecule has 4 aliphatic carbocycles. The predicted molar refractivity (Wildman–Crippen MR) is 449 cm³/mol. The van der Waals surface area contributed by atoms with Crippen LogP contribution in [0.1, 0.15) is 161 Å². The van der Waals surface area contributed by atoms with E-state index in [4.69, 9.17) is 74.6 Å².